The highest BCUT2D eigenvalue weighted by molar-refractivity contribution is 9.12. The highest BCUT2D eigenvalue weighted by atomic mass is 79.9. The quantitative estimate of drug-likeness (QED) is 0.337. The number of hydrogen-bond donors (Lipinski definition) is 0. The molecule has 0 aromatic heterocycles. The maximum absolute atomic E-state index is 13.0. The molecule has 0 saturated heterocycles. The normalized spacial score (nSPS) is 25.4. The second-order valence-electron chi connectivity index (χ2n) is 7.61. The van der Waals surface area contributed by atoms with Crippen LogP contribution < -0.4 is 0 Å². The first-order chi connectivity index (χ1) is 13.6. The molecule has 0 aromatic rings. The second-order valence-corrected chi connectivity index (χ2v) is 8.40. The highest BCUT2D eigenvalue weighted by Crippen LogP contribution is 2.49. The van der Waals surface area contributed by atoms with E-state index in [1.807, 2.05) is 19.1 Å². The Balaban J connectivity index is 2.04. The van der Waals surface area contributed by atoms with Gasteiger partial charge in [0.05, 0.1) is 10.7 Å². The third-order valence-corrected chi connectivity index (χ3v) is 6.10. The summed E-state index contributed by atoms with van der Waals surface area (Å²) < 4.78 is 11.3. The van der Waals surface area contributed by atoms with Crippen molar-refractivity contribution in [2.45, 2.75) is 46.6 Å². The van der Waals surface area contributed by atoms with E-state index in [-0.39, 0.29) is 15.6 Å². The van der Waals surface area contributed by atoms with Gasteiger partial charge in [0.15, 0.2) is 11.4 Å². The summed E-state index contributed by atoms with van der Waals surface area (Å²) in [7, 11) is 0. The van der Waals surface area contributed by atoms with Gasteiger partial charge in [0, 0.05) is 16.7 Å². The number of carbonyl (C=O) groups excluding carboxylic acids is 3. The summed E-state index contributed by atoms with van der Waals surface area (Å²) in [6.45, 7) is 9.09. The van der Waals surface area contributed by atoms with Gasteiger partial charge in [-0.2, -0.15) is 0 Å². The molecule has 29 heavy (non-hydrogen) atoms. The summed E-state index contributed by atoms with van der Waals surface area (Å²) >= 11 is 3.35. The molecular formula is C23H23BrO5. The maximum atomic E-state index is 13.0. The first-order valence-corrected chi connectivity index (χ1v) is 10.3. The lowest BCUT2D eigenvalue weighted by Gasteiger charge is -2.33. The number of halogens is 1. The molecule has 0 bridgehead atoms. The van der Waals surface area contributed by atoms with E-state index in [0.717, 1.165) is 12.0 Å². The predicted octanol–water partition coefficient (Wildman–Crippen LogP) is 4.77. The van der Waals surface area contributed by atoms with Crippen molar-refractivity contribution in [3.63, 3.8) is 0 Å². The van der Waals surface area contributed by atoms with Gasteiger partial charge in [-0.3, -0.25) is 9.59 Å². The van der Waals surface area contributed by atoms with Crippen molar-refractivity contribution >= 4 is 33.5 Å². The summed E-state index contributed by atoms with van der Waals surface area (Å²) in [5, 5.41) is 0. The first-order valence-electron chi connectivity index (χ1n) is 9.49. The summed E-state index contributed by atoms with van der Waals surface area (Å²) in [5.74, 6) is -0.607. The Morgan fingerprint density at radius 3 is 2.62 bits per heavy atom. The minimum Gasteiger partial charge on any atom is -0.464 e. The number of fused-ring (bicyclic) bond motifs is 3. The molecule has 0 radical (unpaired) electrons. The van der Waals surface area contributed by atoms with Crippen molar-refractivity contribution in [2.75, 3.05) is 0 Å². The largest absolute Gasteiger partial charge is 0.464 e. The van der Waals surface area contributed by atoms with E-state index in [0.29, 0.717) is 22.8 Å². The van der Waals surface area contributed by atoms with Crippen LogP contribution in [0.15, 0.2) is 68.7 Å². The molecular weight excluding hydrogens is 436 g/mol. The van der Waals surface area contributed by atoms with E-state index in [1.165, 1.54) is 20.1 Å². The summed E-state index contributed by atoms with van der Waals surface area (Å²) in [6.07, 6.45) is 10.2. The van der Waals surface area contributed by atoms with E-state index >= 15 is 0 Å². The standard InChI is InChI=1S/C23H23BrO5/c1-6-12(2)9-13(3)7-8-15-10-16-17(11-28-15)19-18(14(4)25)22(27)29-23(19,5)21(26)20(16)24/h7-12H,6H2,1-5H3/b8-7+,13-9+/t12-,23+/m0/s1. The van der Waals surface area contributed by atoms with Crippen LogP contribution in [0, 0.1) is 5.92 Å². The van der Waals surface area contributed by atoms with E-state index in [1.54, 1.807) is 6.08 Å². The van der Waals surface area contributed by atoms with E-state index < -0.39 is 23.1 Å². The van der Waals surface area contributed by atoms with Crippen LogP contribution >= 0.6 is 15.9 Å². The summed E-state index contributed by atoms with van der Waals surface area (Å²) in [4.78, 5) is 37.3. The molecule has 2 heterocycles. The van der Waals surface area contributed by atoms with Crippen LogP contribution in [-0.2, 0) is 23.9 Å². The molecule has 2 atom stereocenters. The zero-order valence-corrected chi connectivity index (χ0v) is 18.7. The number of Topliss-reactive ketones (excluding diaryl/α,β-unsaturated/α-hetero) is 2. The number of allylic oxidation sites excluding steroid dienone is 6. The van der Waals surface area contributed by atoms with Gasteiger partial charge in [-0.1, -0.05) is 38.0 Å². The van der Waals surface area contributed by atoms with Crippen LogP contribution in [0.1, 0.15) is 41.0 Å². The molecule has 3 rings (SSSR count). The zero-order chi connectivity index (χ0) is 21.5. The lowest BCUT2D eigenvalue weighted by Crippen LogP contribution is -2.42. The Labute approximate surface area is 178 Å². The molecule has 5 nitrogen and oxygen atoms in total. The Morgan fingerprint density at radius 2 is 2.00 bits per heavy atom. The van der Waals surface area contributed by atoms with Crippen LogP contribution in [0.5, 0.6) is 0 Å². The van der Waals surface area contributed by atoms with Gasteiger partial charge < -0.3 is 9.47 Å². The molecule has 0 fully saturated rings. The fourth-order valence-corrected chi connectivity index (χ4v) is 4.28. The third-order valence-electron chi connectivity index (χ3n) is 5.31. The molecule has 0 N–H and O–H groups in total. The van der Waals surface area contributed by atoms with Gasteiger partial charge in [-0.15, -0.1) is 0 Å². The number of esters is 1. The van der Waals surface area contributed by atoms with Gasteiger partial charge >= 0.3 is 5.97 Å². The summed E-state index contributed by atoms with van der Waals surface area (Å²) in [6, 6.07) is 0. The molecule has 0 unspecified atom stereocenters. The van der Waals surface area contributed by atoms with Gasteiger partial charge in [0.25, 0.3) is 0 Å². The third kappa shape index (κ3) is 3.62. The zero-order valence-electron chi connectivity index (χ0n) is 17.1. The maximum Gasteiger partial charge on any atom is 0.343 e. The molecule has 152 valence electrons. The molecule has 1 aliphatic carbocycles. The smallest absolute Gasteiger partial charge is 0.343 e. The van der Waals surface area contributed by atoms with Crippen molar-refractivity contribution < 1.29 is 23.9 Å². The Bertz CT molecular complexity index is 1000. The fourth-order valence-electron chi connectivity index (χ4n) is 3.57. The van der Waals surface area contributed by atoms with E-state index in [9.17, 15) is 14.4 Å². The van der Waals surface area contributed by atoms with E-state index in [4.69, 9.17) is 9.47 Å². The van der Waals surface area contributed by atoms with Crippen molar-refractivity contribution in [1.29, 1.82) is 0 Å². The topological polar surface area (TPSA) is 69.7 Å². The fraction of sp³-hybridized carbons (Fsp3) is 0.348. The SMILES string of the molecule is CC[C@H](C)/C=C(C)/C=C/C1=CC2=C(Br)C(=O)[C@]3(C)OC(=O)C(C(C)=O)=C3C2=CO1. The Kier molecular flexibility index (Phi) is 5.68. The number of hydrogen-bond acceptors (Lipinski definition) is 5. The molecule has 3 aliphatic rings. The van der Waals surface area contributed by atoms with Crippen LogP contribution in [0.2, 0.25) is 0 Å². The van der Waals surface area contributed by atoms with Crippen molar-refractivity contribution in [2.24, 2.45) is 5.92 Å². The van der Waals surface area contributed by atoms with Crippen LogP contribution in [0.25, 0.3) is 0 Å². The van der Waals surface area contributed by atoms with Gasteiger partial charge in [-0.05, 0) is 54.8 Å². The van der Waals surface area contributed by atoms with Crippen molar-refractivity contribution in [1.82, 2.24) is 0 Å². The number of rotatable bonds is 5. The molecule has 6 heteroatoms. The molecule has 2 aliphatic heterocycles. The van der Waals surface area contributed by atoms with Gasteiger partial charge in [0.2, 0.25) is 5.78 Å². The van der Waals surface area contributed by atoms with Crippen molar-refractivity contribution in [3.05, 3.63) is 68.7 Å². The molecule has 0 aromatic carbocycles. The number of ether oxygens (including phenoxy) is 2. The predicted molar refractivity (Wildman–Crippen MR) is 113 cm³/mol. The Hall–Kier alpha value is -2.47. The lowest BCUT2D eigenvalue weighted by atomic mass is 9.76. The average Bonchev–Trinajstić information content (AvgIpc) is 2.96. The lowest BCUT2D eigenvalue weighted by molar-refractivity contribution is -0.153. The number of carbonyl (C=O) groups is 3. The minimum absolute atomic E-state index is 0.104. The van der Waals surface area contributed by atoms with Crippen LogP contribution in [-0.4, -0.2) is 23.1 Å². The van der Waals surface area contributed by atoms with E-state index in [2.05, 4.69) is 35.9 Å². The minimum atomic E-state index is -1.54. The van der Waals surface area contributed by atoms with Gasteiger partial charge in [0.1, 0.15) is 11.3 Å². The van der Waals surface area contributed by atoms with Crippen LogP contribution in [0.3, 0.4) is 0 Å². The van der Waals surface area contributed by atoms with Crippen molar-refractivity contribution in [3.8, 4) is 0 Å². The average molecular weight is 459 g/mol. The summed E-state index contributed by atoms with van der Waals surface area (Å²) in [5.41, 5.74) is 0.800. The number of ketones is 2. The first kappa shape index (κ1) is 21.2. The van der Waals surface area contributed by atoms with Gasteiger partial charge in [-0.25, -0.2) is 4.79 Å². The highest BCUT2D eigenvalue weighted by Gasteiger charge is 2.56. The monoisotopic (exact) mass is 458 g/mol. The molecule has 0 spiro atoms. The molecule has 0 saturated carbocycles. The second kappa shape index (κ2) is 7.75. The Morgan fingerprint density at radius 1 is 1.31 bits per heavy atom. The molecule has 0 amide bonds. The van der Waals surface area contributed by atoms with Crippen LogP contribution in [0.4, 0.5) is 0 Å².